The van der Waals surface area contributed by atoms with Crippen molar-refractivity contribution in [3.05, 3.63) is 32.6 Å². The molecule has 0 aliphatic carbocycles. The minimum Gasteiger partial charge on any atom is -0.395 e. The molecule has 1 aromatic rings. The molecule has 0 radical (unpaired) electrons. The zero-order chi connectivity index (χ0) is 13.3. The highest BCUT2D eigenvalue weighted by atomic mass is 16.7. The van der Waals surface area contributed by atoms with Gasteiger partial charge in [-0.2, -0.15) is 5.06 Å². The van der Waals surface area contributed by atoms with E-state index >= 15 is 0 Å². The number of nitrogens with zero attached hydrogens (tertiary/aromatic N) is 2. The van der Waals surface area contributed by atoms with Gasteiger partial charge >= 0.3 is 5.69 Å². The topological polar surface area (TPSA) is 87.6 Å². The van der Waals surface area contributed by atoms with Crippen LogP contribution in [-0.2, 0) is 11.4 Å². The predicted octanol–water partition coefficient (Wildman–Crippen LogP) is -1.16. The summed E-state index contributed by atoms with van der Waals surface area (Å²) in [7, 11) is 1.75. The van der Waals surface area contributed by atoms with Crippen LogP contribution in [0.3, 0.4) is 0 Å². The number of hydrogen-bond acceptors (Lipinski definition) is 5. The van der Waals surface area contributed by atoms with Gasteiger partial charge < -0.3 is 5.11 Å². The third kappa shape index (κ3) is 2.53. The van der Waals surface area contributed by atoms with Crippen LogP contribution in [0.2, 0.25) is 0 Å². The molecule has 1 saturated heterocycles. The number of H-pyrrole nitrogens is 1. The van der Waals surface area contributed by atoms with Gasteiger partial charge in [-0.25, -0.2) is 4.79 Å². The summed E-state index contributed by atoms with van der Waals surface area (Å²) in [6, 6.07) is -0.0467. The van der Waals surface area contributed by atoms with Crippen molar-refractivity contribution in [3.8, 4) is 0 Å². The van der Waals surface area contributed by atoms with Crippen LogP contribution in [0.5, 0.6) is 0 Å². The SMILES string of the molecule is Cc1cn(C[C@H]2C[C@H](CO)N(C)O2)c(=O)[nH]c1=O. The number of hydrogen-bond donors (Lipinski definition) is 2. The number of aromatic amines is 1. The van der Waals surface area contributed by atoms with Crippen molar-refractivity contribution in [1.82, 2.24) is 14.6 Å². The number of aromatic nitrogens is 2. The molecule has 2 atom stereocenters. The molecule has 18 heavy (non-hydrogen) atoms. The second kappa shape index (κ2) is 5.05. The fourth-order valence-electron chi connectivity index (χ4n) is 2.09. The molecule has 1 aromatic heterocycles. The van der Waals surface area contributed by atoms with Crippen molar-refractivity contribution < 1.29 is 9.94 Å². The lowest BCUT2D eigenvalue weighted by Crippen LogP contribution is -2.34. The zero-order valence-electron chi connectivity index (χ0n) is 10.4. The van der Waals surface area contributed by atoms with Gasteiger partial charge in [0.1, 0.15) is 0 Å². The lowest BCUT2D eigenvalue weighted by atomic mass is 10.1. The van der Waals surface area contributed by atoms with E-state index in [1.54, 1.807) is 19.0 Å². The van der Waals surface area contributed by atoms with E-state index < -0.39 is 5.69 Å². The van der Waals surface area contributed by atoms with Gasteiger partial charge in [0, 0.05) is 18.8 Å². The van der Waals surface area contributed by atoms with Crippen LogP contribution >= 0.6 is 0 Å². The number of aliphatic hydroxyl groups is 1. The summed E-state index contributed by atoms with van der Waals surface area (Å²) in [4.78, 5) is 30.6. The molecule has 1 aliphatic rings. The molecule has 0 aromatic carbocycles. The molecule has 0 bridgehead atoms. The molecule has 1 aliphatic heterocycles. The Morgan fingerprint density at radius 2 is 2.28 bits per heavy atom. The summed E-state index contributed by atoms with van der Waals surface area (Å²) in [5, 5.41) is 10.7. The van der Waals surface area contributed by atoms with E-state index in [1.165, 1.54) is 10.8 Å². The quantitative estimate of drug-likeness (QED) is 0.711. The number of rotatable bonds is 3. The van der Waals surface area contributed by atoms with E-state index in [0.717, 1.165) is 0 Å². The molecule has 0 amide bonds. The number of aliphatic hydroxyl groups excluding tert-OH is 1. The minimum absolute atomic E-state index is 0.0204. The van der Waals surface area contributed by atoms with E-state index in [1.807, 2.05) is 0 Å². The van der Waals surface area contributed by atoms with E-state index in [4.69, 9.17) is 9.94 Å². The number of nitrogens with one attached hydrogen (secondary N) is 1. The van der Waals surface area contributed by atoms with Gasteiger partial charge in [0.25, 0.3) is 5.56 Å². The molecule has 0 unspecified atom stereocenters. The first-order valence-electron chi connectivity index (χ1n) is 5.82. The van der Waals surface area contributed by atoms with Gasteiger partial charge in [0.15, 0.2) is 0 Å². The van der Waals surface area contributed by atoms with Crippen molar-refractivity contribution >= 4 is 0 Å². The Kier molecular flexibility index (Phi) is 3.65. The monoisotopic (exact) mass is 255 g/mol. The summed E-state index contributed by atoms with van der Waals surface area (Å²) >= 11 is 0. The molecule has 0 spiro atoms. The van der Waals surface area contributed by atoms with Crippen LogP contribution < -0.4 is 11.2 Å². The van der Waals surface area contributed by atoms with E-state index in [9.17, 15) is 9.59 Å². The molecule has 2 heterocycles. The lowest BCUT2D eigenvalue weighted by molar-refractivity contribution is -0.151. The molecule has 0 saturated carbocycles. The van der Waals surface area contributed by atoms with Crippen LogP contribution in [-0.4, -0.2) is 45.5 Å². The number of likely N-dealkylation sites (N-methyl/N-ethyl adjacent to an activating group) is 1. The Hall–Kier alpha value is -1.44. The second-order valence-corrected chi connectivity index (χ2v) is 4.57. The van der Waals surface area contributed by atoms with Crippen molar-refractivity contribution in [3.63, 3.8) is 0 Å². The van der Waals surface area contributed by atoms with Gasteiger partial charge in [-0.05, 0) is 13.3 Å². The Morgan fingerprint density at radius 1 is 1.56 bits per heavy atom. The molecule has 7 nitrogen and oxygen atoms in total. The fraction of sp³-hybridized carbons (Fsp3) is 0.636. The van der Waals surface area contributed by atoms with Crippen LogP contribution in [0.15, 0.2) is 15.8 Å². The highest BCUT2D eigenvalue weighted by Gasteiger charge is 2.30. The van der Waals surface area contributed by atoms with Crippen LogP contribution in [0.25, 0.3) is 0 Å². The van der Waals surface area contributed by atoms with Crippen molar-refractivity contribution in [2.75, 3.05) is 13.7 Å². The Labute approximate surface area is 104 Å². The maximum atomic E-state index is 11.6. The van der Waals surface area contributed by atoms with Gasteiger partial charge in [-0.15, -0.1) is 0 Å². The summed E-state index contributed by atoms with van der Waals surface area (Å²) in [6.07, 6.45) is 2.00. The molecular formula is C11H17N3O4. The number of aryl methyl sites for hydroxylation is 1. The third-order valence-corrected chi connectivity index (χ3v) is 3.16. The highest BCUT2D eigenvalue weighted by Crippen LogP contribution is 2.19. The molecule has 2 rings (SSSR count). The van der Waals surface area contributed by atoms with Gasteiger partial charge in [0.2, 0.25) is 0 Å². The van der Waals surface area contributed by atoms with Crippen molar-refractivity contribution in [2.45, 2.75) is 32.0 Å². The first kappa shape index (κ1) is 13.0. The molecule has 100 valence electrons. The Balaban J connectivity index is 2.14. The van der Waals surface area contributed by atoms with Gasteiger partial charge in [-0.3, -0.25) is 19.2 Å². The van der Waals surface area contributed by atoms with Crippen LogP contribution in [0, 0.1) is 6.92 Å². The minimum atomic E-state index is -0.440. The van der Waals surface area contributed by atoms with E-state index in [-0.39, 0.29) is 24.3 Å². The summed E-state index contributed by atoms with van der Waals surface area (Å²) in [6.45, 7) is 2.02. The summed E-state index contributed by atoms with van der Waals surface area (Å²) < 4.78 is 1.43. The molecular weight excluding hydrogens is 238 g/mol. The Bertz CT molecular complexity index is 536. The van der Waals surface area contributed by atoms with Crippen molar-refractivity contribution in [1.29, 1.82) is 0 Å². The average molecular weight is 255 g/mol. The van der Waals surface area contributed by atoms with E-state index in [0.29, 0.717) is 18.5 Å². The smallest absolute Gasteiger partial charge is 0.328 e. The van der Waals surface area contributed by atoms with Gasteiger partial charge in [0.05, 0.1) is 25.3 Å². The highest BCUT2D eigenvalue weighted by molar-refractivity contribution is 5.01. The predicted molar refractivity (Wildman–Crippen MR) is 64.2 cm³/mol. The van der Waals surface area contributed by atoms with E-state index in [2.05, 4.69) is 4.98 Å². The first-order valence-corrected chi connectivity index (χ1v) is 5.82. The van der Waals surface area contributed by atoms with Crippen LogP contribution in [0.4, 0.5) is 0 Å². The zero-order valence-corrected chi connectivity index (χ0v) is 10.4. The molecule has 7 heteroatoms. The van der Waals surface area contributed by atoms with Crippen molar-refractivity contribution in [2.24, 2.45) is 0 Å². The van der Waals surface area contributed by atoms with Gasteiger partial charge in [-0.1, -0.05) is 0 Å². The standard InChI is InChI=1S/C11H17N3O4/c1-7-4-14(11(17)12-10(7)16)5-9-3-8(6-15)13(2)18-9/h4,8-9,15H,3,5-6H2,1-2H3,(H,12,16,17)/t8-,9-/m1/s1. The molecule has 1 fully saturated rings. The number of hydroxylamine groups is 2. The van der Waals surface area contributed by atoms with Crippen LogP contribution in [0.1, 0.15) is 12.0 Å². The average Bonchev–Trinajstić information content (AvgIpc) is 2.66. The Morgan fingerprint density at radius 3 is 2.89 bits per heavy atom. The fourth-order valence-corrected chi connectivity index (χ4v) is 2.09. The normalized spacial score (nSPS) is 24.6. The lowest BCUT2D eigenvalue weighted by Gasteiger charge is -2.14. The molecule has 2 N–H and O–H groups in total. The maximum absolute atomic E-state index is 11.6. The second-order valence-electron chi connectivity index (χ2n) is 4.57. The third-order valence-electron chi connectivity index (χ3n) is 3.16. The first-order chi connectivity index (χ1) is 8.51. The summed E-state index contributed by atoms with van der Waals surface area (Å²) in [5.41, 5.74) is -0.321. The largest absolute Gasteiger partial charge is 0.395 e. The maximum Gasteiger partial charge on any atom is 0.328 e. The summed E-state index contributed by atoms with van der Waals surface area (Å²) in [5.74, 6) is 0.